The summed E-state index contributed by atoms with van der Waals surface area (Å²) in [5.41, 5.74) is -1.37. The lowest BCUT2D eigenvalue weighted by atomic mass is 9.74. The minimum atomic E-state index is -4.44. The molecule has 0 aliphatic heterocycles. The van der Waals surface area contributed by atoms with Crippen LogP contribution in [-0.2, 0) is 27.8 Å². The summed E-state index contributed by atoms with van der Waals surface area (Å²) in [7, 11) is -3.48. The molecular formula is C23H26F3NO4S. The summed E-state index contributed by atoms with van der Waals surface area (Å²) in [5, 5.41) is 21.8. The molecule has 0 saturated heterocycles. The molecule has 3 rings (SSSR count). The van der Waals surface area contributed by atoms with E-state index in [2.05, 4.69) is 4.98 Å². The number of rotatable bonds is 6. The number of hydrogen-bond acceptors (Lipinski definition) is 4. The molecule has 32 heavy (non-hydrogen) atoms. The second kappa shape index (κ2) is 7.81. The summed E-state index contributed by atoms with van der Waals surface area (Å²) < 4.78 is 62.7. The summed E-state index contributed by atoms with van der Waals surface area (Å²) in [4.78, 5) is 3.10. The van der Waals surface area contributed by atoms with E-state index >= 15 is 0 Å². The quantitative estimate of drug-likeness (QED) is 0.476. The SMILES string of the molecule is CC(O)(Cc1cc2cc(C(F)(F)F)ccc2[nH]1)CC(C)(C)c1cc(S(C)(=O)=O)ccc1O. The highest BCUT2D eigenvalue weighted by Gasteiger charge is 2.35. The lowest BCUT2D eigenvalue weighted by Crippen LogP contribution is -2.36. The Morgan fingerprint density at radius 1 is 1.00 bits per heavy atom. The van der Waals surface area contributed by atoms with Gasteiger partial charge in [0.1, 0.15) is 5.75 Å². The minimum Gasteiger partial charge on any atom is -0.508 e. The Bertz CT molecular complexity index is 1260. The van der Waals surface area contributed by atoms with Crippen molar-refractivity contribution in [3.05, 3.63) is 59.3 Å². The number of benzene rings is 2. The monoisotopic (exact) mass is 469 g/mol. The number of fused-ring (bicyclic) bond motifs is 1. The van der Waals surface area contributed by atoms with Gasteiger partial charge < -0.3 is 15.2 Å². The van der Waals surface area contributed by atoms with E-state index in [0.29, 0.717) is 22.2 Å². The van der Waals surface area contributed by atoms with Crippen molar-refractivity contribution in [3.8, 4) is 5.75 Å². The topological polar surface area (TPSA) is 90.4 Å². The number of halogens is 3. The van der Waals surface area contributed by atoms with E-state index in [1.54, 1.807) is 26.8 Å². The van der Waals surface area contributed by atoms with Gasteiger partial charge in [0.25, 0.3) is 0 Å². The van der Waals surface area contributed by atoms with Crippen LogP contribution in [-0.4, -0.2) is 35.5 Å². The smallest absolute Gasteiger partial charge is 0.416 e. The Morgan fingerprint density at radius 2 is 1.66 bits per heavy atom. The zero-order valence-electron chi connectivity index (χ0n) is 18.2. The first-order chi connectivity index (χ1) is 14.5. The minimum absolute atomic E-state index is 0.0640. The molecule has 3 aromatic rings. The average Bonchev–Trinajstić information content (AvgIpc) is 2.99. The molecule has 0 radical (unpaired) electrons. The van der Waals surface area contributed by atoms with Gasteiger partial charge >= 0.3 is 6.18 Å². The molecule has 1 unspecified atom stereocenters. The first-order valence-electron chi connectivity index (χ1n) is 9.93. The molecule has 0 spiro atoms. The van der Waals surface area contributed by atoms with Crippen molar-refractivity contribution in [1.82, 2.24) is 4.98 Å². The number of sulfone groups is 1. The van der Waals surface area contributed by atoms with Gasteiger partial charge in [-0.25, -0.2) is 8.42 Å². The molecule has 1 heterocycles. The van der Waals surface area contributed by atoms with Crippen molar-refractivity contribution in [2.45, 2.75) is 55.7 Å². The lowest BCUT2D eigenvalue weighted by molar-refractivity contribution is -0.137. The van der Waals surface area contributed by atoms with Crippen LogP contribution in [0.3, 0.4) is 0 Å². The lowest BCUT2D eigenvalue weighted by Gasteiger charge is -2.34. The van der Waals surface area contributed by atoms with Gasteiger partial charge in [-0.3, -0.25) is 0 Å². The van der Waals surface area contributed by atoms with E-state index in [1.807, 2.05) is 0 Å². The Hall–Kier alpha value is -2.52. The van der Waals surface area contributed by atoms with Crippen molar-refractivity contribution < 1.29 is 31.8 Å². The standard InChI is InChI=1S/C23H26F3NO4S/c1-21(2,18-11-17(32(4,30)31)6-8-20(18)28)13-22(3,29)12-16-10-14-9-15(23(24,25)26)5-7-19(14)27-16/h5-11,27-29H,12-13H2,1-4H3. The van der Waals surface area contributed by atoms with Crippen LogP contribution in [0.1, 0.15) is 44.0 Å². The van der Waals surface area contributed by atoms with Crippen LogP contribution in [0.4, 0.5) is 13.2 Å². The van der Waals surface area contributed by atoms with Gasteiger partial charge in [0.2, 0.25) is 0 Å². The fourth-order valence-corrected chi connectivity index (χ4v) is 4.92. The van der Waals surface area contributed by atoms with Crippen LogP contribution in [0.5, 0.6) is 5.75 Å². The van der Waals surface area contributed by atoms with E-state index in [1.165, 1.54) is 24.3 Å². The van der Waals surface area contributed by atoms with Crippen molar-refractivity contribution in [2.75, 3.05) is 6.26 Å². The average molecular weight is 470 g/mol. The molecule has 0 amide bonds. The third kappa shape index (κ3) is 5.27. The number of H-pyrrole nitrogens is 1. The summed E-state index contributed by atoms with van der Waals surface area (Å²) in [5.74, 6) is -0.0801. The highest BCUT2D eigenvalue weighted by atomic mass is 32.2. The van der Waals surface area contributed by atoms with Crippen LogP contribution in [0.2, 0.25) is 0 Å². The van der Waals surface area contributed by atoms with Gasteiger partial charge in [0.05, 0.1) is 16.1 Å². The number of alkyl halides is 3. The van der Waals surface area contributed by atoms with E-state index in [-0.39, 0.29) is 23.5 Å². The van der Waals surface area contributed by atoms with Gasteiger partial charge in [-0.05, 0) is 61.2 Å². The third-order valence-electron chi connectivity index (χ3n) is 5.52. The van der Waals surface area contributed by atoms with Gasteiger partial charge in [-0.1, -0.05) is 13.8 Å². The van der Waals surface area contributed by atoms with Crippen LogP contribution < -0.4 is 0 Å². The Morgan fingerprint density at radius 3 is 2.25 bits per heavy atom. The summed E-state index contributed by atoms with van der Waals surface area (Å²) in [6.45, 7) is 5.16. The molecule has 0 bridgehead atoms. The van der Waals surface area contributed by atoms with Crippen LogP contribution >= 0.6 is 0 Å². The van der Waals surface area contributed by atoms with Gasteiger partial charge in [0.15, 0.2) is 9.84 Å². The molecule has 0 aliphatic carbocycles. The van der Waals surface area contributed by atoms with E-state index in [4.69, 9.17) is 0 Å². The van der Waals surface area contributed by atoms with Crippen LogP contribution in [0, 0.1) is 0 Å². The maximum absolute atomic E-state index is 13.0. The Balaban J connectivity index is 1.87. The Labute approximate surface area is 184 Å². The Kier molecular flexibility index (Phi) is 5.89. The van der Waals surface area contributed by atoms with Gasteiger partial charge in [-0.2, -0.15) is 13.2 Å². The van der Waals surface area contributed by atoms with Gasteiger partial charge in [-0.15, -0.1) is 0 Å². The van der Waals surface area contributed by atoms with Crippen LogP contribution in [0.15, 0.2) is 47.4 Å². The summed E-state index contributed by atoms with van der Waals surface area (Å²) in [6.07, 6.45) is -3.08. The molecule has 0 fully saturated rings. The fourth-order valence-electron chi connectivity index (χ4n) is 4.27. The maximum Gasteiger partial charge on any atom is 0.416 e. The maximum atomic E-state index is 13.0. The number of hydrogen-bond donors (Lipinski definition) is 3. The predicted molar refractivity (Wildman–Crippen MR) is 116 cm³/mol. The van der Waals surface area contributed by atoms with E-state index < -0.39 is 32.6 Å². The summed E-state index contributed by atoms with van der Waals surface area (Å²) >= 11 is 0. The first kappa shape index (κ1) is 24.1. The molecular weight excluding hydrogens is 443 g/mol. The molecule has 5 nitrogen and oxygen atoms in total. The number of phenolic OH excluding ortho intramolecular Hbond substituents is 1. The molecule has 0 saturated carbocycles. The van der Waals surface area contributed by atoms with Crippen molar-refractivity contribution in [3.63, 3.8) is 0 Å². The highest BCUT2D eigenvalue weighted by molar-refractivity contribution is 7.90. The van der Waals surface area contributed by atoms with Crippen molar-refractivity contribution in [1.29, 1.82) is 0 Å². The molecule has 3 N–H and O–H groups in total. The number of phenols is 1. The number of aromatic nitrogens is 1. The first-order valence-corrected chi connectivity index (χ1v) is 11.8. The van der Waals surface area contributed by atoms with E-state index in [0.717, 1.165) is 18.4 Å². The molecule has 1 aromatic heterocycles. The largest absolute Gasteiger partial charge is 0.508 e. The fraction of sp³-hybridized carbons (Fsp3) is 0.391. The van der Waals surface area contributed by atoms with E-state index in [9.17, 15) is 31.8 Å². The third-order valence-corrected chi connectivity index (χ3v) is 6.63. The summed E-state index contributed by atoms with van der Waals surface area (Å²) in [6, 6.07) is 9.04. The van der Waals surface area contributed by atoms with Crippen LogP contribution in [0.25, 0.3) is 10.9 Å². The number of aromatic hydroxyl groups is 1. The molecule has 0 aliphatic rings. The molecule has 2 aromatic carbocycles. The second-order valence-electron chi connectivity index (χ2n) is 9.28. The number of nitrogens with one attached hydrogen (secondary N) is 1. The van der Waals surface area contributed by atoms with Crippen molar-refractivity contribution >= 4 is 20.7 Å². The zero-order valence-corrected chi connectivity index (χ0v) is 19.0. The zero-order chi connectivity index (χ0) is 24.1. The highest BCUT2D eigenvalue weighted by Crippen LogP contribution is 2.39. The second-order valence-corrected chi connectivity index (χ2v) is 11.3. The molecule has 174 valence electrons. The number of aromatic amines is 1. The normalized spacial score (nSPS) is 15.1. The number of aliphatic hydroxyl groups is 1. The van der Waals surface area contributed by atoms with Crippen molar-refractivity contribution in [2.24, 2.45) is 0 Å². The molecule has 1 atom stereocenters. The predicted octanol–water partition coefficient (Wildman–Crippen LogP) is 4.96. The van der Waals surface area contributed by atoms with Gasteiger partial charge in [0, 0.05) is 34.8 Å². The molecule has 9 heteroatoms.